The van der Waals surface area contributed by atoms with E-state index in [2.05, 4.69) is 5.10 Å². The number of carboxylic acids is 1. The lowest BCUT2D eigenvalue weighted by Gasteiger charge is -1.99. The van der Waals surface area contributed by atoms with Crippen LogP contribution in [0.5, 0.6) is 0 Å². The van der Waals surface area contributed by atoms with Crippen LogP contribution in [-0.2, 0) is 7.05 Å². The van der Waals surface area contributed by atoms with Crippen molar-refractivity contribution in [1.82, 2.24) is 9.78 Å². The minimum Gasteiger partial charge on any atom is -0.476 e. The van der Waals surface area contributed by atoms with Gasteiger partial charge in [-0.25, -0.2) is 4.79 Å². The monoisotopic (exact) mass is 217 g/mol. The van der Waals surface area contributed by atoms with Gasteiger partial charge in [-0.1, -0.05) is 12.1 Å². The van der Waals surface area contributed by atoms with Crippen LogP contribution in [0, 0.1) is 0 Å². The molecule has 2 rings (SSSR count). The van der Waals surface area contributed by atoms with Crippen LogP contribution in [0.15, 0.2) is 30.5 Å². The van der Waals surface area contributed by atoms with E-state index in [1.54, 1.807) is 37.5 Å². The van der Waals surface area contributed by atoms with Crippen molar-refractivity contribution in [3.63, 3.8) is 0 Å². The minimum atomic E-state index is -1.03. The van der Waals surface area contributed by atoms with E-state index >= 15 is 0 Å². The second kappa shape index (κ2) is 3.69. The Hall–Kier alpha value is -2.30. The van der Waals surface area contributed by atoms with Crippen molar-refractivity contribution < 1.29 is 9.90 Å². The van der Waals surface area contributed by atoms with E-state index in [0.29, 0.717) is 11.3 Å². The molecule has 0 atom stereocenters. The van der Waals surface area contributed by atoms with Crippen molar-refractivity contribution in [2.24, 2.45) is 7.05 Å². The molecule has 16 heavy (non-hydrogen) atoms. The molecule has 0 bridgehead atoms. The van der Waals surface area contributed by atoms with Gasteiger partial charge >= 0.3 is 5.97 Å². The fraction of sp³-hybridized carbons (Fsp3) is 0.0909. The quantitative estimate of drug-likeness (QED) is 0.744. The molecule has 5 heteroatoms. The molecule has 0 amide bonds. The summed E-state index contributed by atoms with van der Waals surface area (Å²) in [6.07, 6.45) is 1.68. The summed E-state index contributed by atoms with van der Waals surface area (Å²) < 4.78 is 1.48. The third kappa shape index (κ3) is 1.75. The number of nitrogens with zero attached hydrogens (tertiary/aromatic N) is 2. The van der Waals surface area contributed by atoms with E-state index in [-0.39, 0.29) is 5.69 Å². The molecule has 3 N–H and O–H groups in total. The van der Waals surface area contributed by atoms with Gasteiger partial charge in [0.2, 0.25) is 0 Å². The first-order chi connectivity index (χ1) is 7.58. The molecular weight excluding hydrogens is 206 g/mol. The highest BCUT2D eigenvalue weighted by molar-refractivity contribution is 5.93. The summed E-state index contributed by atoms with van der Waals surface area (Å²) in [7, 11) is 1.69. The topological polar surface area (TPSA) is 81.1 Å². The zero-order chi connectivity index (χ0) is 11.7. The maximum atomic E-state index is 11.0. The number of carbonyl (C=O) groups is 1. The highest BCUT2D eigenvalue weighted by Gasteiger charge is 2.15. The fourth-order valence-electron chi connectivity index (χ4n) is 1.52. The molecule has 1 aromatic carbocycles. The SMILES string of the molecule is Cn1cc(-c2ccc(N)cc2)c(C(=O)O)n1. The predicted molar refractivity (Wildman–Crippen MR) is 60.0 cm³/mol. The van der Waals surface area contributed by atoms with Gasteiger partial charge in [0.05, 0.1) is 0 Å². The number of benzene rings is 1. The number of hydrogen-bond acceptors (Lipinski definition) is 3. The third-order valence-electron chi connectivity index (χ3n) is 2.25. The lowest BCUT2D eigenvalue weighted by molar-refractivity contribution is 0.0690. The van der Waals surface area contributed by atoms with Gasteiger partial charge in [-0.05, 0) is 17.7 Å². The van der Waals surface area contributed by atoms with Crippen molar-refractivity contribution >= 4 is 11.7 Å². The summed E-state index contributed by atoms with van der Waals surface area (Å²) in [6.45, 7) is 0. The van der Waals surface area contributed by atoms with E-state index in [0.717, 1.165) is 5.56 Å². The standard InChI is InChI=1S/C11H11N3O2/c1-14-6-9(10(13-14)11(15)16)7-2-4-8(12)5-3-7/h2-6H,12H2,1H3,(H,15,16). The summed E-state index contributed by atoms with van der Waals surface area (Å²) in [5.41, 5.74) is 7.65. The van der Waals surface area contributed by atoms with E-state index in [1.807, 2.05) is 0 Å². The molecule has 0 saturated carbocycles. The number of rotatable bonds is 2. The Morgan fingerprint density at radius 3 is 2.56 bits per heavy atom. The van der Waals surface area contributed by atoms with Crippen LogP contribution >= 0.6 is 0 Å². The largest absolute Gasteiger partial charge is 0.476 e. The number of aromatic carboxylic acids is 1. The molecule has 1 aromatic heterocycles. The van der Waals surface area contributed by atoms with Crippen LogP contribution in [0.1, 0.15) is 10.5 Å². The second-order valence-corrected chi connectivity index (χ2v) is 3.49. The van der Waals surface area contributed by atoms with Crippen LogP contribution in [0.4, 0.5) is 5.69 Å². The molecule has 0 aliphatic heterocycles. The summed E-state index contributed by atoms with van der Waals surface area (Å²) in [5.74, 6) is -1.03. The Balaban J connectivity index is 2.55. The third-order valence-corrected chi connectivity index (χ3v) is 2.25. The summed E-state index contributed by atoms with van der Waals surface area (Å²) in [4.78, 5) is 11.0. The molecule has 0 unspecified atom stereocenters. The van der Waals surface area contributed by atoms with Gasteiger partial charge in [-0.15, -0.1) is 0 Å². The van der Waals surface area contributed by atoms with E-state index < -0.39 is 5.97 Å². The Labute approximate surface area is 92.1 Å². The Morgan fingerprint density at radius 2 is 2.00 bits per heavy atom. The Morgan fingerprint density at radius 1 is 1.38 bits per heavy atom. The second-order valence-electron chi connectivity index (χ2n) is 3.49. The molecule has 0 fully saturated rings. The van der Waals surface area contributed by atoms with Gasteiger partial charge in [0, 0.05) is 24.5 Å². The molecule has 1 heterocycles. The van der Waals surface area contributed by atoms with E-state index in [9.17, 15) is 4.79 Å². The molecule has 0 spiro atoms. The van der Waals surface area contributed by atoms with Gasteiger partial charge in [0.25, 0.3) is 0 Å². The van der Waals surface area contributed by atoms with Gasteiger partial charge in [0.1, 0.15) is 0 Å². The number of nitrogen functional groups attached to an aromatic ring is 1. The van der Waals surface area contributed by atoms with Crippen LogP contribution in [0.25, 0.3) is 11.1 Å². The highest BCUT2D eigenvalue weighted by Crippen LogP contribution is 2.23. The van der Waals surface area contributed by atoms with Crippen LogP contribution < -0.4 is 5.73 Å². The highest BCUT2D eigenvalue weighted by atomic mass is 16.4. The maximum Gasteiger partial charge on any atom is 0.357 e. The van der Waals surface area contributed by atoms with Crippen molar-refractivity contribution in [2.45, 2.75) is 0 Å². The molecule has 0 radical (unpaired) electrons. The number of aromatic nitrogens is 2. The molecule has 0 aliphatic carbocycles. The number of hydrogen-bond donors (Lipinski definition) is 2. The summed E-state index contributed by atoms with van der Waals surface area (Å²) in [6, 6.07) is 7.01. The van der Waals surface area contributed by atoms with Gasteiger partial charge in [0.15, 0.2) is 5.69 Å². The molecular formula is C11H11N3O2. The Kier molecular flexibility index (Phi) is 2.36. The summed E-state index contributed by atoms with van der Waals surface area (Å²) >= 11 is 0. The first kappa shape index (κ1) is 10.2. The predicted octanol–water partition coefficient (Wildman–Crippen LogP) is 1.37. The van der Waals surface area contributed by atoms with Crippen LogP contribution in [0.2, 0.25) is 0 Å². The molecule has 2 aromatic rings. The normalized spacial score (nSPS) is 10.3. The smallest absolute Gasteiger partial charge is 0.357 e. The van der Waals surface area contributed by atoms with E-state index in [1.165, 1.54) is 4.68 Å². The zero-order valence-corrected chi connectivity index (χ0v) is 8.71. The number of nitrogens with two attached hydrogens (primary N) is 1. The average molecular weight is 217 g/mol. The molecule has 5 nitrogen and oxygen atoms in total. The zero-order valence-electron chi connectivity index (χ0n) is 8.71. The van der Waals surface area contributed by atoms with Crippen molar-refractivity contribution in [3.05, 3.63) is 36.2 Å². The van der Waals surface area contributed by atoms with E-state index in [4.69, 9.17) is 10.8 Å². The van der Waals surface area contributed by atoms with Crippen molar-refractivity contribution in [2.75, 3.05) is 5.73 Å². The van der Waals surface area contributed by atoms with Gasteiger partial charge < -0.3 is 10.8 Å². The summed E-state index contributed by atoms with van der Waals surface area (Å²) in [5, 5.41) is 12.9. The molecule has 82 valence electrons. The number of anilines is 1. The minimum absolute atomic E-state index is 0.0484. The van der Waals surface area contributed by atoms with Gasteiger partial charge in [-0.2, -0.15) is 5.10 Å². The van der Waals surface area contributed by atoms with Crippen molar-refractivity contribution in [1.29, 1.82) is 0 Å². The fourth-order valence-corrected chi connectivity index (χ4v) is 1.52. The van der Waals surface area contributed by atoms with Crippen LogP contribution in [-0.4, -0.2) is 20.9 Å². The first-order valence-corrected chi connectivity index (χ1v) is 4.71. The number of carboxylic acid groups (broad SMARTS) is 1. The average Bonchev–Trinajstić information content (AvgIpc) is 2.61. The van der Waals surface area contributed by atoms with Crippen LogP contribution in [0.3, 0.4) is 0 Å². The van der Waals surface area contributed by atoms with Gasteiger partial charge in [-0.3, -0.25) is 4.68 Å². The first-order valence-electron chi connectivity index (χ1n) is 4.71. The molecule has 0 saturated heterocycles. The lowest BCUT2D eigenvalue weighted by Crippen LogP contribution is -2.00. The number of aryl methyl sites for hydroxylation is 1. The lowest BCUT2D eigenvalue weighted by atomic mass is 10.1. The maximum absolute atomic E-state index is 11.0. The Bertz CT molecular complexity index is 529. The van der Waals surface area contributed by atoms with Crippen molar-refractivity contribution in [3.8, 4) is 11.1 Å². The molecule has 0 aliphatic rings.